The minimum Gasteiger partial charge on any atom is -0.493 e. The Balaban J connectivity index is 1.92. The molecule has 2 rings (SSSR count). The zero-order chi connectivity index (χ0) is 21.1. The summed E-state index contributed by atoms with van der Waals surface area (Å²) in [6.07, 6.45) is 1.41. The highest BCUT2D eigenvalue weighted by Crippen LogP contribution is 2.36. The molecular formula is C20H22Cl2N2O5. The van der Waals surface area contributed by atoms with Crippen molar-refractivity contribution in [3.05, 3.63) is 52.0 Å². The Labute approximate surface area is 179 Å². The Morgan fingerprint density at radius 3 is 2.52 bits per heavy atom. The van der Waals surface area contributed by atoms with Crippen molar-refractivity contribution in [2.45, 2.75) is 13.3 Å². The molecule has 0 bridgehead atoms. The molecule has 7 nitrogen and oxygen atoms in total. The van der Waals surface area contributed by atoms with E-state index in [4.69, 9.17) is 37.4 Å². The van der Waals surface area contributed by atoms with Crippen LogP contribution in [0.25, 0.3) is 0 Å². The molecule has 0 aliphatic heterocycles. The van der Waals surface area contributed by atoms with Crippen LogP contribution in [0.2, 0.25) is 10.0 Å². The minimum absolute atomic E-state index is 0.370. The highest BCUT2D eigenvalue weighted by Gasteiger charge is 2.12. The van der Waals surface area contributed by atoms with Crippen molar-refractivity contribution in [3.63, 3.8) is 0 Å². The predicted molar refractivity (Wildman–Crippen MR) is 113 cm³/mol. The van der Waals surface area contributed by atoms with Crippen molar-refractivity contribution in [3.8, 4) is 17.2 Å². The summed E-state index contributed by atoms with van der Waals surface area (Å²) in [4.78, 5) is 11.0. The predicted octanol–water partition coefficient (Wildman–Crippen LogP) is 4.93. The number of amides is 1. The Hall–Kier alpha value is -2.64. The van der Waals surface area contributed by atoms with Crippen LogP contribution in [0, 0.1) is 0 Å². The van der Waals surface area contributed by atoms with Crippen molar-refractivity contribution >= 4 is 35.5 Å². The number of methoxy groups -OCH3 is 1. The zero-order valence-corrected chi connectivity index (χ0v) is 17.6. The average molecular weight is 441 g/mol. The van der Waals surface area contributed by atoms with Gasteiger partial charge in [-0.15, -0.1) is 0 Å². The van der Waals surface area contributed by atoms with Gasteiger partial charge in [0.25, 0.3) is 0 Å². The van der Waals surface area contributed by atoms with Gasteiger partial charge in [0.1, 0.15) is 5.75 Å². The van der Waals surface area contributed by atoms with Crippen LogP contribution in [0.3, 0.4) is 0 Å². The Morgan fingerprint density at radius 2 is 1.83 bits per heavy atom. The molecule has 0 aliphatic carbocycles. The molecule has 0 heterocycles. The number of nitrogens with zero attached hydrogens (tertiary/aromatic N) is 1. The Morgan fingerprint density at radius 1 is 1.10 bits per heavy atom. The lowest BCUT2D eigenvalue weighted by Gasteiger charge is -2.14. The molecule has 0 fully saturated rings. The van der Waals surface area contributed by atoms with Crippen molar-refractivity contribution in [2.75, 3.05) is 26.9 Å². The van der Waals surface area contributed by atoms with E-state index in [1.54, 1.807) is 24.3 Å². The quantitative estimate of drug-likeness (QED) is 0.321. The maximum absolute atomic E-state index is 11.0. The molecule has 1 N–H and O–H groups in total. The van der Waals surface area contributed by atoms with Gasteiger partial charge in [0.15, 0.2) is 11.5 Å². The summed E-state index contributed by atoms with van der Waals surface area (Å²) in [7, 11) is 1.25. The van der Waals surface area contributed by atoms with E-state index in [9.17, 15) is 4.79 Å². The van der Waals surface area contributed by atoms with E-state index in [1.807, 2.05) is 19.1 Å². The van der Waals surface area contributed by atoms with Gasteiger partial charge in [-0.2, -0.15) is 5.10 Å². The number of hydrogen-bond donors (Lipinski definition) is 1. The van der Waals surface area contributed by atoms with Gasteiger partial charge in [-0.1, -0.05) is 23.2 Å². The Kier molecular flexibility index (Phi) is 9.40. The fraction of sp³-hybridized carbons (Fsp3) is 0.300. The molecule has 0 saturated heterocycles. The number of carbonyl (C=O) groups excluding carboxylic acids is 1. The van der Waals surface area contributed by atoms with Crippen molar-refractivity contribution in [2.24, 2.45) is 5.10 Å². The van der Waals surface area contributed by atoms with Gasteiger partial charge in [-0.05, 0) is 48.9 Å². The number of ether oxygens (including phenoxy) is 4. The summed E-state index contributed by atoms with van der Waals surface area (Å²) in [5, 5.41) is 4.81. The molecule has 0 aliphatic rings. The first-order valence-electron chi connectivity index (χ1n) is 8.88. The Bertz CT molecular complexity index is 828. The van der Waals surface area contributed by atoms with Crippen LogP contribution in [-0.2, 0) is 4.74 Å². The maximum atomic E-state index is 11.0. The normalized spacial score (nSPS) is 10.6. The fourth-order valence-electron chi connectivity index (χ4n) is 2.22. The van der Waals surface area contributed by atoms with Crippen LogP contribution in [0.4, 0.5) is 4.79 Å². The lowest BCUT2D eigenvalue weighted by atomic mass is 10.2. The minimum atomic E-state index is -0.668. The summed E-state index contributed by atoms with van der Waals surface area (Å²) in [6, 6.07) is 10.5. The summed E-state index contributed by atoms with van der Waals surface area (Å²) in [5.74, 6) is 1.67. The molecule has 0 unspecified atom stereocenters. The van der Waals surface area contributed by atoms with Crippen molar-refractivity contribution in [1.29, 1.82) is 0 Å². The molecule has 156 valence electrons. The third-order valence-electron chi connectivity index (χ3n) is 3.50. The number of rotatable bonds is 10. The molecule has 0 radical (unpaired) electrons. The monoisotopic (exact) mass is 440 g/mol. The highest BCUT2D eigenvalue weighted by atomic mass is 35.5. The second-order valence-electron chi connectivity index (χ2n) is 5.63. The summed E-state index contributed by atoms with van der Waals surface area (Å²) in [6.45, 7) is 3.17. The van der Waals surface area contributed by atoms with Crippen LogP contribution in [0.1, 0.15) is 18.9 Å². The molecule has 1 amide bonds. The fourth-order valence-corrected chi connectivity index (χ4v) is 2.62. The van der Waals surface area contributed by atoms with E-state index in [-0.39, 0.29) is 0 Å². The second kappa shape index (κ2) is 12.0. The summed E-state index contributed by atoms with van der Waals surface area (Å²) in [5.41, 5.74) is 2.84. The largest absolute Gasteiger partial charge is 0.493 e. The van der Waals surface area contributed by atoms with Gasteiger partial charge in [0.2, 0.25) is 0 Å². The van der Waals surface area contributed by atoms with Crippen LogP contribution in [0.15, 0.2) is 41.5 Å². The first-order chi connectivity index (χ1) is 14.0. The number of benzene rings is 2. The van der Waals surface area contributed by atoms with Gasteiger partial charge in [0, 0.05) is 11.4 Å². The average Bonchev–Trinajstić information content (AvgIpc) is 2.71. The van der Waals surface area contributed by atoms with Crippen LogP contribution < -0.4 is 19.6 Å². The van der Waals surface area contributed by atoms with Crippen molar-refractivity contribution < 1.29 is 23.7 Å². The molecule has 9 heteroatoms. The smallest absolute Gasteiger partial charge is 0.427 e. The SMILES string of the molecule is CCOc1cc(/C=N\NC(=O)OC)cc(Cl)c1OCCCOc1ccc(Cl)cc1. The van der Waals surface area contributed by atoms with Gasteiger partial charge >= 0.3 is 6.09 Å². The maximum Gasteiger partial charge on any atom is 0.427 e. The van der Waals surface area contributed by atoms with Gasteiger partial charge < -0.3 is 18.9 Å². The third kappa shape index (κ3) is 7.71. The molecular weight excluding hydrogens is 419 g/mol. The third-order valence-corrected chi connectivity index (χ3v) is 4.04. The first-order valence-corrected chi connectivity index (χ1v) is 9.63. The van der Waals surface area contributed by atoms with Gasteiger partial charge in [-0.25, -0.2) is 10.2 Å². The van der Waals surface area contributed by atoms with Gasteiger partial charge in [0.05, 0.1) is 38.2 Å². The topological polar surface area (TPSA) is 78.4 Å². The molecule has 2 aromatic carbocycles. The van der Waals surface area contributed by atoms with Gasteiger partial charge in [-0.3, -0.25) is 0 Å². The van der Waals surface area contributed by atoms with Crippen molar-refractivity contribution in [1.82, 2.24) is 5.43 Å². The number of hydrogen-bond acceptors (Lipinski definition) is 6. The number of hydrazone groups is 1. The highest BCUT2D eigenvalue weighted by molar-refractivity contribution is 6.32. The van der Waals surface area contributed by atoms with Crippen LogP contribution in [0.5, 0.6) is 17.2 Å². The molecule has 29 heavy (non-hydrogen) atoms. The number of nitrogens with one attached hydrogen (secondary N) is 1. The molecule has 0 atom stereocenters. The molecule has 2 aromatic rings. The van der Waals surface area contributed by atoms with E-state index in [0.29, 0.717) is 53.3 Å². The summed E-state index contributed by atoms with van der Waals surface area (Å²) >= 11 is 12.2. The summed E-state index contributed by atoms with van der Waals surface area (Å²) < 4.78 is 21.5. The van der Waals surface area contributed by atoms with Crippen LogP contribution in [-0.4, -0.2) is 39.2 Å². The molecule has 0 aromatic heterocycles. The molecule has 0 saturated carbocycles. The number of carbonyl (C=O) groups is 1. The lowest BCUT2D eigenvalue weighted by molar-refractivity contribution is 0.171. The zero-order valence-electron chi connectivity index (χ0n) is 16.1. The van der Waals surface area contributed by atoms with Crippen LogP contribution >= 0.6 is 23.2 Å². The lowest BCUT2D eigenvalue weighted by Crippen LogP contribution is -2.16. The van der Waals surface area contributed by atoms with E-state index in [0.717, 1.165) is 5.75 Å². The van der Waals surface area contributed by atoms with E-state index in [2.05, 4.69) is 15.3 Å². The second-order valence-corrected chi connectivity index (χ2v) is 6.47. The van der Waals surface area contributed by atoms with E-state index in [1.165, 1.54) is 13.3 Å². The van der Waals surface area contributed by atoms with E-state index < -0.39 is 6.09 Å². The van der Waals surface area contributed by atoms with E-state index >= 15 is 0 Å². The molecule has 0 spiro atoms. The number of halogens is 2. The first kappa shape index (κ1) is 22.6. The standard InChI is InChI=1S/C20H22Cl2N2O5/c1-3-27-18-12-14(13-23-24-20(25)26-2)11-17(22)19(18)29-10-4-9-28-16-7-5-15(21)6-8-16/h5-8,11-13H,3-4,9-10H2,1-2H3,(H,24,25)/b23-13-.